The van der Waals surface area contributed by atoms with E-state index in [9.17, 15) is 5.26 Å². The summed E-state index contributed by atoms with van der Waals surface area (Å²) in [5.74, 6) is 0. The van der Waals surface area contributed by atoms with Gasteiger partial charge in [-0.3, -0.25) is 5.32 Å². The molecule has 1 aliphatic carbocycles. The topological polar surface area (TPSA) is 35.8 Å². The molecule has 2 heteroatoms. The number of fused-ring (bicyclic) bond motifs is 3. The summed E-state index contributed by atoms with van der Waals surface area (Å²) in [7, 11) is 0. The highest BCUT2D eigenvalue weighted by Gasteiger charge is 2.28. The Balaban J connectivity index is 1.63. The molecule has 1 aliphatic rings. The van der Waals surface area contributed by atoms with Crippen molar-refractivity contribution in [3.63, 3.8) is 0 Å². The number of nitrogens with one attached hydrogen (secondary N) is 1. The predicted molar refractivity (Wildman–Crippen MR) is 102 cm³/mol. The summed E-state index contributed by atoms with van der Waals surface area (Å²) in [6.45, 7) is 0. The van der Waals surface area contributed by atoms with Crippen LogP contribution in [-0.2, 0) is 0 Å². The van der Waals surface area contributed by atoms with Crippen LogP contribution in [0.4, 0.5) is 0 Å². The third kappa shape index (κ3) is 2.98. The molecule has 0 amide bonds. The summed E-state index contributed by atoms with van der Waals surface area (Å²) >= 11 is 0. The van der Waals surface area contributed by atoms with E-state index in [4.69, 9.17) is 0 Å². The Kier molecular flexibility index (Phi) is 4.16. The molecule has 0 aliphatic heterocycles. The standard InChI is InChI=1S/C23H18N2/c24-16-18(15-14-17-8-2-1-3-9-17)25-23-21-12-6-4-10-19(21)20-11-5-7-13-22(20)23/h1-15,18,23,25H/b15-14+/t18-/m1/s1. The van der Waals surface area contributed by atoms with Crippen molar-refractivity contribution in [2.45, 2.75) is 12.1 Å². The molecule has 0 heterocycles. The van der Waals surface area contributed by atoms with Gasteiger partial charge in [0.15, 0.2) is 0 Å². The number of nitriles is 1. The lowest BCUT2D eigenvalue weighted by atomic mass is 10.0. The molecule has 2 nitrogen and oxygen atoms in total. The minimum atomic E-state index is -0.357. The Morgan fingerprint density at radius 3 is 1.96 bits per heavy atom. The molecule has 1 atom stereocenters. The first-order valence-electron chi connectivity index (χ1n) is 8.44. The van der Waals surface area contributed by atoms with Crippen LogP contribution in [0.1, 0.15) is 22.7 Å². The van der Waals surface area contributed by atoms with Gasteiger partial charge in [-0.15, -0.1) is 0 Å². The van der Waals surface area contributed by atoms with E-state index < -0.39 is 0 Å². The molecule has 0 radical (unpaired) electrons. The predicted octanol–water partition coefficient (Wildman–Crippen LogP) is 4.95. The summed E-state index contributed by atoms with van der Waals surface area (Å²) < 4.78 is 0. The van der Waals surface area contributed by atoms with Crippen molar-refractivity contribution in [2.75, 3.05) is 0 Å². The molecule has 0 bridgehead atoms. The van der Waals surface area contributed by atoms with Crippen molar-refractivity contribution in [3.8, 4) is 17.2 Å². The molecule has 3 aromatic carbocycles. The first kappa shape index (κ1) is 15.4. The second kappa shape index (κ2) is 6.76. The van der Waals surface area contributed by atoms with Gasteiger partial charge >= 0.3 is 0 Å². The molecule has 0 unspecified atom stereocenters. The van der Waals surface area contributed by atoms with Crippen molar-refractivity contribution in [1.82, 2.24) is 5.32 Å². The molecule has 120 valence electrons. The van der Waals surface area contributed by atoms with E-state index in [-0.39, 0.29) is 12.1 Å². The van der Waals surface area contributed by atoms with Crippen LogP contribution in [-0.4, -0.2) is 6.04 Å². The maximum Gasteiger partial charge on any atom is 0.115 e. The lowest BCUT2D eigenvalue weighted by Gasteiger charge is -2.18. The van der Waals surface area contributed by atoms with Gasteiger partial charge in [-0.05, 0) is 27.8 Å². The average molecular weight is 322 g/mol. The molecular formula is C23H18N2. The third-order valence-electron chi connectivity index (χ3n) is 4.60. The van der Waals surface area contributed by atoms with Crippen LogP contribution in [0.2, 0.25) is 0 Å². The lowest BCUT2D eigenvalue weighted by Crippen LogP contribution is -2.29. The van der Waals surface area contributed by atoms with E-state index >= 15 is 0 Å². The molecule has 25 heavy (non-hydrogen) atoms. The second-order valence-electron chi connectivity index (χ2n) is 6.15. The van der Waals surface area contributed by atoms with Crippen LogP contribution in [0.3, 0.4) is 0 Å². The van der Waals surface area contributed by atoms with Gasteiger partial charge < -0.3 is 0 Å². The Hall–Kier alpha value is -3.15. The Bertz CT molecular complexity index is 906. The maximum atomic E-state index is 9.60. The van der Waals surface area contributed by atoms with Crippen LogP contribution in [0.5, 0.6) is 0 Å². The molecule has 3 aromatic rings. The minimum Gasteiger partial charge on any atom is -0.288 e. The van der Waals surface area contributed by atoms with Crippen LogP contribution in [0.25, 0.3) is 17.2 Å². The van der Waals surface area contributed by atoms with E-state index in [1.807, 2.05) is 42.5 Å². The van der Waals surface area contributed by atoms with E-state index in [2.05, 4.69) is 59.9 Å². The number of hydrogen-bond acceptors (Lipinski definition) is 2. The Morgan fingerprint density at radius 2 is 1.36 bits per heavy atom. The van der Waals surface area contributed by atoms with Crippen LogP contribution in [0.15, 0.2) is 84.9 Å². The van der Waals surface area contributed by atoms with Crippen LogP contribution >= 0.6 is 0 Å². The number of benzene rings is 3. The number of rotatable bonds is 4. The fraction of sp³-hybridized carbons (Fsp3) is 0.0870. The average Bonchev–Trinajstić information content (AvgIpc) is 3.00. The third-order valence-corrected chi connectivity index (χ3v) is 4.60. The summed E-state index contributed by atoms with van der Waals surface area (Å²) in [4.78, 5) is 0. The van der Waals surface area contributed by atoms with Crippen LogP contribution in [0, 0.1) is 11.3 Å². The summed E-state index contributed by atoms with van der Waals surface area (Å²) in [5, 5.41) is 13.1. The van der Waals surface area contributed by atoms with Gasteiger partial charge in [0, 0.05) is 0 Å². The lowest BCUT2D eigenvalue weighted by molar-refractivity contribution is 0.610. The molecule has 1 N–H and O–H groups in total. The van der Waals surface area contributed by atoms with Crippen LogP contribution < -0.4 is 5.32 Å². The fourth-order valence-electron chi connectivity index (χ4n) is 3.42. The molecule has 0 saturated carbocycles. The van der Waals surface area contributed by atoms with Gasteiger partial charge in [0.05, 0.1) is 12.1 Å². The summed E-state index contributed by atoms with van der Waals surface area (Å²) in [6, 6.07) is 28.9. The first-order valence-corrected chi connectivity index (χ1v) is 8.44. The quantitative estimate of drug-likeness (QED) is 0.737. The Morgan fingerprint density at radius 1 is 0.800 bits per heavy atom. The van der Waals surface area contributed by atoms with Crippen molar-refractivity contribution >= 4 is 6.08 Å². The number of nitrogens with zero attached hydrogens (tertiary/aromatic N) is 1. The van der Waals surface area contributed by atoms with Gasteiger partial charge in [0.25, 0.3) is 0 Å². The molecule has 0 aromatic heterocycles. The van der Waals surface area contributed by atoms with Crippen molar-refractivity contribution in [2.24, 2.45) is 0 Å². The van der Waals surface area contributed by atoms with Gasteiger partial charge in [-0.1, -0.05) is 91.0 Å². The van der Waals surface area contributed by atoms with Crippen molar-refractivity contribution < 1.29 is 0 Å². The molecular weight excluding hydrogens is 304 g/mol. The van der Waals surface area contributed by atoms with Gasteiger partial charge in [-0.25, -0.2) is 0 Å². The van der Waals surface area contributed by atoms with E-state index in [1.165, 1.54) is 22.3 Å². The highest BCUT2D eigenvalue weighted by molar-refractivity contribution is 5.78. The van der Waals surface area contributed by atoms with E-state index in [0.29, 0.717) is 0 Å². The molecule has 0 spiro atoms. The smallest absolute Gasteiger partial charge is 0.115 e. The maximum absolute atomic E-state index is 9.60. The summed E-state index contributed by atoms with van der Waals surface area (Å²) in [5.41, 5.74) is 6.06. The fourth-order valence-corrected chi connectivity index (χ4v) is 3.42. The largest absolute Gasteiger partial charge is 0.288 e. The molecule has 0 fully saturated rings. The monoisotopic (exact) mass is 322 g/mol. The summed E-state index contributed by atoms with van der Waals surface area (Å²) in [6.07, 6.45) is 3.92. The van der Waals surface area contributed by atoms with Gasteiger partial charge in [0.2, 0.25) is 0 Å². The van der Waals surface area contributed by atoms with E-state index in [1.54, 1.807) is 0 Å². The highest BCUT2D eigenvalue weighted by Crippen LogP contribution is 2.43. The first-order chi connectivity index (χ1) is 12.4. The van der Waals surface area contributed by atoms with Crippen molar-refractivity contribution in [1.29, 1.82) is 5.26 Å². The van der Waals surface area contributed by atoms with Gasteiger partial charge in [0.1, 0.15) is 6.04 Å². The van der Waals surface area contributed by atoms with E-state index in [0.717, 1.165) is 5.56 Å². The molecule has 4 rings (SSSR count). The van der Waals surface area contributed by atoms with Crippen molar-refractivity contribution in [3.05, 3.63) is 102 Å². The second-order valence-corrected chi connectivity index (χ2v) is 6.15. The molecule has 0 saturated heterocycles. The normalized spacial score (nSPS) is 14.0. The zero-order valence-electron chi connectivity index (χ0n) is 13.8. The SMILES string of the molecule is N#C[C@@H](/C=C/c1ccccc1)NC1c2ccccc2-c2ccccc21. The minimum absolute atomic E-state index is 0.0393. The zero-order chi connectivity index (χ0) is 17.1. The highest BCUT2D eigenvalue weighted by atomic mass is 15.0. The Labute approximate surface area is 148 Å². The zero-order valence-corrected chi connectivity index (χ0v) is 13.8. The van der Waals surface area contributed by atoms with Gasteiger partial charge in [-0.2, -0.15) is 5.26 Å². The number of hydrogen-bond donors (Lipinski definition) is 1.